The lowest BCUT2D eigenvalue weighted by atomic mass is 10.2. The van der Waals surface area contributed by atoms with E-state index in [0.29, 0.717) is 0 Å². The molecule has 0 saturated heterocycles. The molecule has 0 atom stereocenters. The smallest absolute Gasteiger partial charge is 0.0369 e. The van der Waals surface area contributed by atoms with E-state index in [2.05, 4.69) is 55.1 Å². The van der Waals surface area contributed by atoms with Gasteiger partial charge in [-0.15, -0.1) is 0 Å². The topological polar surface area (TPSA) is 32.5 Å². The Balaban J connectivity index is 2.67. The molecule has 0 saturated carbocycles. The maximum Gasteiger partial charge on any atom is 0.0369 e. The van der Waals surface area contributed by atoms with Gasteiger partial charge in [-0.2, -0.15) is 0 Å². The summed E-state index contributed by atoms with van der Waals surface area (Å²) in [5.41, 5.74) is 8.22. The zero-order valence-electron chi connectivity index (χ0n) is 11.3. The number of nitrogens with zero attached hydrogens (tertiary/aromatic N) is 2. The predicted octanol–water partition coefficient (Wildman–Crippen LogP) is 1.71. The molecule has 17 heavy (non-hydrogen) atoms. The Kier molecular flexibility index (Phi) is 6.01. The van der Waals surface area contributed by atoms with Gasteiger partial charge in [-0.3, -0.25) is 0 Å². The number of benzene rings is 1. The van der Waals surface area contributed by atoms with E-state index < -0.39 is 0 Å². The lowest BCUT2D eigenvalue weighted by Gasteiger charge is -2.26. The molecule has 0 spiro atoms. The highest BCUT2D eigenvalue weighted by Crippen LogP contribution is 2.15. The molecule has 0 heterocycles. The third-order valence-corrected chi connectivity index (χ3v) is 2.82. The van der Waals surface area contributed by atoms with Crippen LogP contribution in [0.25, 0.3) is 0 Å². The Morgan fingerprint density at radius 2 is 1.88 bits per heavy atom. The van der Waals surface area contributed by atoms with Crippen LogP contribution >= 0.6 is 0 Å². The third kappa shape index (κ3) is 5.20. The largest absolute Gasteiger partial charge is 0.370 e. The Hall–Kier alpha value is -1.06. The quantitative estimate of drug-likeness (QED) is 0.781. The second-order valence-corrected chi connectivity index (χ2v) is 4.77. The summed E-state index contributed by atoms with van der Waals surface area (Å²) in [7, 11) is 4.22. The van der Waals surface area contributed by atoms with E-state index in [1.807, 2.05) is 0 Å². The van der Waals surface area contributed by atoms with Crippen LogP contribution in [0.3, 0.4) is 0 Å². The van der Waals surface area contributed by atoms with Gasteiger partial charge in [0.1, 0.15) is 0 Å². The first-order chi connectivity index (χ1) is 8.13. The highest BCUT2D eigenvalue weighted by atomic mass is 15.2. The van der Waals surface area contributed by atoms with Crippen molar-refractivity contribution in [3.8, 4) is 0 Å². The van der Waals surface area contributed by atoms with E-state index in [1.165, 1.54) is 11.3 Å². The maximum atomic E-state index is 5.60. The van der Waals surface area contributed by atoms with E-state index in [4.69, 9.17) is 5.73 Å². The first-order valence-electron chi connectivity index (χ1n) is 6.30. The molecule has 3 nitrogen and oxygen atoms in total. The molecule has 96 valence electrons. The lowest BCUT2D eigenvalue weighted by molar-refractivity contribution is 0.412. The molecule has 0 radical (unpaired) electrons. The summed E-state index contributed by atoms with van der Waals surface area (Å²) in [4.78, 5) is 4.63. The van der Waals surface area contributed by atoms with Crippen LogP contribution in [-0.2, 0) is 0 Å². The van der Waals surface area contributed by atoms with Gasteiger partial charge in [-0.25, -0.2) is 0 Å². The molecule has 0 aromatic heterocycles. The van der Waals surface area contributed by atoms with Gasteiger partial charge in [0.15, 0.2) is 0 Å². The summed E-state index contributed by atoms with van der Waals surface area (Å²) in [5.74, 6) is 0. The second-order valence-electron chi connectivity index (χ2n) is 4.77. The van der Waals surface area contributed by atoms with Crippen LogP contribution in [0.4, 0.5) is 5.69 Å². The fourth-order valence-corrected chi connectivity index (χ4v) is 1.80. The van der Waals surface area contributed by atoms with Crippen LogP contribution in [0.1, 0.15) is 12.0 Å². The first-order valence-corrected chi connectivity index (χ1v) is 6.30. The molecule has 0 fully saturated rings. The summed E-state index contributed by atoms with van der Waals surface area (Å²) in [6, 6.07) is 8.68. The number of aryl methyl sites for hydroxylation is 1. The van der Waals surface area contributed by atoms with Gasteiger partial charge < -0.3 is 15.5 Å². The second kappa shape index (κ2) is 7.30. The zero-order chi connectivity index (χ0) is 12.7. The minimum absolute atomic E-state index is 0.754. The van der Waals surface area contributed by atoms with Crippen molar-refractivity contribution in [3.05, 3.63) is 29.8 Å². The van der Waals surface area contributed by atoms with Crippen LogP contribution < -0.4 is 10.6 Å². The summed E-state index contributed by atoms with van der Waals surface area (Å²) in [5, 5.41) is 0. The fourth-order valence-electron chi connectivity index (χ4n) is 1.80. The molecule has 0 aliphatic rings. The number of anilines is 1. The van der Waals surface area contributed by atoms with Crippen molar-refractivity contribution in [2.75, 3.05) is 45.2 Å². The average Bonchev–Trinajstić information content (AvgIpc) is 2.29. The van der Waals surface area contributed by atoms with E-state index in [9.17, 15) is 0 Å². The van der Waals surface area contributed by atoms with Crippen molar-refractivity contribution in [2.45, 2.75) is 13.3 Å². The van der Waals surface area contributed by atoms with Crippen molar-refractivity contribution in [1.82, 2.24) is 4.90 Å². The molecule has 1 rings (SSSR count). The number of likely N-dealkylation sites (N-methyl/N-ethyl adjacent to an activating group) is 1. The number of hydrogen-bond donors (Lipinski definition) is 1. The summed E-state index contributed by atoms with van der Waals surface area (Å²) >= 11 is 0. The molecule has 1 aromatic rings. The van der Waals surface area contributed by atoms with E-state index in [1.54, 1.807) is 0 Å². The van der Waals surface area contributed by atoms with Gasteiger partial charge in [-0.1, -0.05) is 12.1 Å². The normalized spacial score (nSPS) is 10.9. The Labute approximate surface area is 105 Å². The minimum Gasteiger partial charge on any atom is -0.370 e. The molecular formula is C14H25N3. The molecule has 3 heteroatoms. The predicted molar refractivity (Wildman–Crippen MR) is 75.6 cm³/mol. The SMILES string of the molecule is Cc1cccc(N(CCCN)CCN(C)C)c1. The van der Waals surface area contributed by atoms with E-state index in [-0.39, 0.29) is 0 Å². The Morgan fingerprint density at radius 3 is 2.47 bits per heavy atom. The average molecular weight is 235 g/mol. The molecular weight excluding hydrogens is 210 g/mol. The highest BCUT2D eigenvalue weighted by molar-refractivity contribution is 5.48. The molecule has 0 amide bonds. The lowest BCUT2D eigenvalue weighted by Crippen LogP contribution is -2.33. The van der Waals surface area contributed by atoms with Crippen molar-refractivity contribution < 1.29 is 0 Å². The molecule has 2 N–H and O–H groups in total. The Bertz CT molecular complexity index is 323. The fraction of sp³-hybridized carbons (Fsp3) is 0.571. The van der Waals surface area contributed by atoms with Crippen LogP contribution in [0.2, 0.25) is 0 Å². The van der Waals surface area contributed by atoms with Crippen molar-refractivity contribution in [3.63, 3.8) is 0 Å². The molecule has 0 aliphatic carbocycles. The molecule has 0 bridgehead atoms. The van der Waals surface area contributed by atoms with Gasteiger partial charge in [0.25, 0.3) is 0 Å². The summed E-state index contributed by atoms with van der Waals surface area (Å²) in [6.45, 7) is 6.05. The van der Waals surface area contributed by atoms with E-state index >= 15 is 0 Å². The third-order valence-electron chi connectivity index (χ3n) is 2.82. The zero-order valence-corrected chi connectivity index (χ0v) is 11.3. The van der Waals surface area contributed by atoms with Gasteiger partial charge in [-0.05, 0) is 51.7 Å². The van der Waals surface area contributed by atoms with Crippen LogP contribution in [-0.4, -0.2) is 45.2 Å². The Morgan fingerprint density at radius 1 is 1.12 bits per heavy atom. The minimum atomic E-state index is 0.754. The maximum absolute atomic E-state index is 5.60. The number of rotatable bonds is 7. The van der Waals surface area contributed by atoms with Gasteiger partial charge in [0.05, 0.1) is 0 Å². The summed E-state index contributed by atoms with van der Waals surface area (Å²) in [6.07, 6.45) is 1.04. The first kappa shape index (κ1) is 14.0. The van der Waals surface area contributed by atoms with Crippen LogP contribution in [0.15, 0.2) is 24.3 Å². The van der Waals surface area contributed by atoms with Crippen molar-refractivity contribution in [2.24, 2.45) is 5.73 Å². The molecule has 1 aromatic carbocycles. The van der Waals surface area contributed by atoms with Crippen LogP contribution in [0, 0.1) is 6.92 Å². The molecule has 0 aliphatic heterocycles. The van der Waals surface area contributed by atoms with Crippen molar-refractivity contribution in [1.29, 1.82) is 0 Å². The molecule has 0 unspecified atom stereocenters. The monoisotopic (exact) mass is 235 g/mol. The van der Waals surface area contributed by atoms with Gasteiger partial charge in [0.2, 0.25) is 0 Å². The highest BCUT2D eigenvalue weighted by Gasteiger charge is 2.06. The van der Waals surface area contributed by atoms with E-state index in [0.717, 1.165) is 32.6 Å². The summed E-state index contributed by atoms with van der Waals surface area (Å²) < 4.78 is 0. The van der Waals surface area contributed by atoms with Crippen LogP contribution in [0.5, 0.6) is 0 Å². The number of nitrogens with two attached hydrogens (primary N) is 1. The van der Waals surface area contributed by atoms with Crippen molar-refractivity contribution >= 4 is 5.69 Å². The number of hydrogen-bond acceptors (Lipinski definition) is 3. The standard InChI is InChI=1S/C14H25N3/c1-13-6-4-7-14(12-13)17(9-5-8-15)11-10-16(2)3/h4,6-7,12H,5,8-11,15H2,1-3H3. The van der Waals surface area contributed by atoms with Gasteiger partial charge >= 0.3 is 0 Å². The van der Waals surface area contributed by atoms with Gasteiger partial charge in [0, 0.05) is 25.3 Å².